The summed E-state index contributed by atoms with van der Waals surface area (Å²) in [4.78, 5) is 3.03. The van der Waals surface area contributed by atoms with Gasteiger partial charge in [0.15, 0.2) is 6.34 Å². The van der Waals surface area contributed by atoms with Gasteiger partial charge in [-0.2, -0.15) is 10.3 Å². The Morgan fingerprint density at radius 1 is 1.83 bits per heavy atom. The first-order valence-corrected chi connectivity index (χ1v) is 1.42. The van der Waals surface area contributed by atoms with Gasteiger partial charge in [0.1, 0.15) is 0 Å². The summed E-state index contributed by atoms with van der Waals surface area (Å²) >= 11 is 0. The van der Waals surface area contributed by atoms with Gasteiger partial charge in [-0.1, -0.05) is 0 Å². The van der Waals surface area contributed by atoms with E-state index in [1.807, 2.05) is 0 Å². The Bertz CT molecular complexity index is 78.5. The fourth-order valence-corrected chi connectivity index (χ4v) is 0.0809. The van der Waals surface area contributed by atoms with Crippen LogP contribution in [0.1, 0.15) is 0 Å². The van der Waals surface area contributed by atoms with E-state index < -0.39 is 0 Å². The van der Waals surface area contributed by atoms with Gasteiger partial charge in [-0.25, -0.2) is 0 Å². The minimum absolute atomic E-state index is 1.52. The first-order chi connectivity index (χ1) is 2.91. The number of nitrogens with zero attached hydrogens (tertiary/aromatic N) is 2. The Labute approximate surface area is 36.3 Å². The molecule has 0 rings (SSSR count). The normalized spacial score (nSPS) is 8.00. The maximum Gasteiger partial charge on any atom is 0.207 e. The Kier molecular flexibility index (Phi) is 3.27. The van der Waals surface area contributed by atoms with Crippen molar-refractivity contribution in [3.63, 3.8) is 0 Å². The molecular formula is C3H4N3. The van der Waals surface area contributed by atoms with Crippen molar-refractivity contribution in [2.24, 2.45) is 4.99 Å². The molecule has 0 aromatic heterocycles. The van der Waals surface area contributed by atoms with Gasteiger partial charge in [-0.15, -0.1) is 0 Å². The molecule has 6 heavy (non-hydrogen) atoms. The van der Waals surface area contributed by atoms with Crippen molar-refractivity contribution in [3.05, 3.63) is 0 Å². The number of nitrogens with one attached hydrogen (secondary N) is 1. The molecule has 0 unspecified atom stereocenters. The quantitative estimate of drug-likeness (QED) is 0.202. The average Bonchev–Trinajstić information content (AvgIpc) is 1.61. The fraction of sp³-hybridized carbons (Fsp3) is 0.333. The molecule has 0 bridgehead atoms. The van der Waals surface area contributed by atoms with Crippen LogP contribution in [0.25, 0.3) is 0 Å². The number of hydrogen-bond acceptors (Lipinski definition) is 2. The third-order valence-electron chi connectivity index (χ3n) is 0.218. The monoisotopic (exact) mass is 82.0 g/mol. The minimum atomic E-state index is 1.52. The standard InChI is InChI=1S/C3H4N3/c1-5-3-6-2-4/h1H3,(H,5,6). The molecule has 0 aliphatic heterocycles. The smallest absolute Gasteiger partial charge is 0.207 e. The van der Waals surface area contributed by atoms with Gasteiger partial charge < -0.3 is 5.32 Å². The molecule has 0 atom stereocenters. The number of hydrogen-bond donors (Lipinski definition) is 1. The lowest BCUT2D eigenvalue weighted by molar-refractivity contribution is 1.21. The fourth-order valence-electron chi connectivity index (χ4n) is 0.0809. The number of nitriles is 1. The van der Waals surface area contributed by atoms with Crippen LogP contribution in [-0.4, -0.2) is 13.4 Å². The Hall–Kier alpha value is -1.04. The van der Waals surface area contributed by atoms with Crippen LogP contribution in [0.2, 0.25) is 0 Å². The Morgan fingerprint density at radius 2 is 2.50 bits per heavy atom. The molecule has 0 spiro atoms. The summed E-state index contributed by atoms with van der Waals surface area (Å²) < 4.78 is 0. The third kappa shape index (κ3) is 2.96. The van der Waals surface area contributed by atoms with Crippen LogP contribution in [0.3, 0.4) is 0 Å². The van der Waals surface area contributed by atoms with Crippen molar-refractivity contribution < 1.29 is 0 Å². The summed E-state index contributed by atoms with van der Waals surface area (Å²) in [6.07, 6.45) is 3.73. The second-order valence-corrected chi connectivity index (χ2v) is 0.574. The molecule has 3 heteroatoms. The van der Waals surface area contributed by atoms with Gasteiger partial charge in [0.05, 0.1) is 0 Å². The largest absolute Gasteiger partial charge is 0.369 e. The van der Waals surface area contributed by atoms with E-state index in [0.29, 0.717) is 0 Å². The average molecular weight is 82.1 g/mol. The maximum absolute atomic E-state index is 7.68. The molecule has 0 aliphatic rings. The predicted molar refractivity (Wildman–Crippen MR) is 22.1 cm³/mol. The number of rotatable bonds is 1. The highest BCUT2D eigenvalue weighted by atomic mass is 14.9. The van der Waals surface area contributed by atoms with Crippen molar-refractivity contribution in [3.8, 4) is 6.19 Å². The first kappa shape index (κ1) is 4.96. The zero-order valence-corrected chi connectivity index (χ0v) is 3.39. The summed E-state index contributed by atoms with van der Waals surface area (Å²) in [5.41, 5.74) is 0. The Morgan fingerprint density at radius 3 is 2.67 bits per heavy atom. The van der Waals surface area contributed by atoms with Crippen LogP contribution in [0.5, 0.6) is 0 Å². The van der Waals surface area contributed by atoms with Crippen LogP contribution in [-0.2, 0) is 0 Å². The SMILES string of the molecule is CN/[C]=N\C#N. The van der Waals surface area contributed by atoms with Crippen LogP contribution < -0.4 is 5.32 Å². The minimum Gasteiger partial charge on any atom is -0.369 e. The van der Waals surface area contributed by atoms with Gasteiger partial charge in [-0.3, -0.25) is 0 Å². The summed E-state index contributed by atoms with van der Waals surface area (Å²) in [7, 11) is 1.63. The van der Waals surface area contributed by atoms with E-state index in [1.165, 1.54) is 6.19 Å². The highest BCUT2D eigenvalue weighted by molar-refractivity contribution is 5.54. The molecule has 1 N–H and O–H groups in total. The van der Waals surface area contributed by atoms with E-state index in [1.54, 1.807) is 7.05 Å². The third-order valence-corrected chi connectivity index (χ3v) is 0.218. The summed E-state index contributed by atoms with van der Waals surface area (Å²) in [5, 5.41) is 10.1. The van der Waals surface area contributed by atoms with E-state index >= 15 is 0 Å². The first-order valence-electron chi connectivity index (χ1n) is 1.42. The lowest BCUT2D eigenvalue weighted by Gasteiger charge is -1.70. The van der Waals surface area contributed by atoms with Gasteiger partial charge in [0.2, 0.25) is 6.19 Å². The van der Waals surface area contributed by atoms with E-state index in [9.17, 15) is 0 Å². The molecule has 0 aromatic rings. The molecular weight excluding hydrogens is 78.1 g/mol. The molecule has 0 heterocycles. The summed E-state index contributed by atoms with van der Waals surface area (Å²) in [6, 6.07) is 0. The lowest BCUT2D eigenvalue weighted by Crippen LogP contribution is -1.99. The van der Waals surface area contributed by atoms with Crippen LogP contribution in [0, 0.1) is 11.5 Å². The van der Waals surface area contributed by atoms with Crippen LogP contribution in [0.4, 0.5) is 0 Å². The van der Waals surface area contributed by atoms with Crippen molar-refractivity contribution in [1.29, 1.82) is 5.26 Å². The number of aliphatic imine (C=N–C) groups is 1. The molecule has 1 radical (unpaired) electrons. The topological polar surface area (TPSA) is 48.2 Å². The zero-order valence-electron chi connectivity index (χ0n) is 3.39. The van der Waals surface area contributed by atoms with E-state index in [4.69, 9.17) is 5.26 Å². The van der Waals surface area contributed by atoms with E-state index in [0.717, 1.165) is 0 Å². The van der Waals surface area contributed by atoms with Crippen molar-refractivity contribution in [2.75, 3.05) is 7.05 Å². The zero-order chi connectivity index (χ0) is 4.83. The molecule has 3 nitrogen and oxygen atoms in total. The molecule has 0 amide bonds. The highest BCUT2D eigenvalue weighted by Crippen LogP contribution is 1.46. The second-order valence-electron chi connectivity index (χ2n) is 0.574. The van der Waals surface area contributed by atoms with Crippen LogP contribution in [0.15, 0.2) is 4.99 Å². The second kappa shape index (κ2) is 3.96. The highest BCUT2D eigenvalue weighted by Gasteiger charge is 1.56. The molecule has 0 fully saturated rings. The van der Waals surface area contributed by atoms with Gasteiger partial charge in [0, 0.05) is 7.05 Å². The summed E-state index contributed by atoms with van der Waals surface area (Å²) in [6.45, 7) is 0. The lowest BCUT2D eigenvalue weighted by atomic mass is 11.1. The molecule has 0 aromatic carbocycles. The maximum atomic E-state index is 7.68. The summed E-state index contributed by atoms with van der Waals surface area (Å²) in [5.74, 6) is 0. The van der Waals surface area contributed by atoms with Crippen molar-refractivity contribution in [1.82, 2.24) is 5.32 Å². The molecule has 0 saturated carbocycles. The molecule has 31 valence electrons. The van der Waals surface area contributed by atoms with E-state index in [-0.39, 0.29) is 0 Å². The van der Waals surface area contributed by atoms with E-state index in [2.05, 4.69) is 16.6 Å². The molecule has 0 saturated heterocycles. The van der Waals surface area contributed by atoms with Gasteiger partial charge in [0.25, 0.3) is 0 Å². The molecule has 0 aliphatic carbocycles. The van der Waals surface area contributed by atoms with Gasteiger partial charge >= 0.3 is 0 Å². The van der Waals surface area contributed by atoms with Crippen LogP contribution >= 0.6 is 0 Å². The van der Waals surface area contributed by atoms with Crippen molar-refractivity contribution >= 4 is 6.34 Å². The predicted octanol–water partition coefficient (Wildman–Crippen LogP) is -0.408. The van der Waals surface area contributed by atoms with Gasteiger partial charge in [-0.05, 0) is 0 Å². The van der Waals surface area contributed by atoms with Crippen molar-refractivity contribution in [2.45, 2.75) is 0 Å². The Balaban J connectivity index is 3.02.